The second kappa shape index (κ2) is 6.62. The quantitative estimate of drug-likeness (QED) is 0.837. The topological polar surface area (TPSA) is 38.0 Å². The van der Waals surface area contributed by atoms with Crippen LogP contribution in [-0.4, -0.2) is 12.1 Å². The Labute approximate surface area is 121 Å². The number of nitrogens with one attached hydrogen (secondary N) is 1. The molecule has 1 aliphatic carbocycles. The molecule has 0 bridgehead atoms. The molecule has 0 heterocycles. The van der Waals surface area contributed by atoms with Crippen molar-refractivity contribution in [2.24, 2.45) is 11.7 Å². The van der Waals surface area contributed by atoms with Crippen molar-refractivity contribution in [1.82, 2.24) is 0 Å². The minimum absolute atomic E-state index is 0.0814. The van der Waals surface area contributed by atoms with Gasteiger partial charge in [-0.2, -0.15) is 0 Å². The van der Waals surface area contributed by atoms with Crippen LogP contribution in [0.5, 0.6) is 0 Å². The van der Waals surface area contributed by atoms with E-state index in [0.717, 1.165) is 16.6 Å². The van der Waals surface area contributed by atoms with Crippen LogP contribution in [-0.2, 0) is 0 Å². The Bertz CT molecular complexity index is 380. The van der Waals surface area contributed by atoms with Gasteiger partial charge in [0.1, 0.15) is 0 Å². The van der Waals surface area contributed by atoms with E-state index in [1.54, 1.807) is 0 Å². The molecule has 0 spiro atoms. The molecule has 2 nitrogen and oxygen atoms in total. The molecule has 106 valence electrons. The molecule has 19 heavy (non-hydrogen) atoms. The van der Waals surface area contributed by atoms with Crippen LogP contribution in [0.2, 0.25) is 5.02 Å². The average Bonchev–Trinajstić information content (AvgIpc) is 2.44. The molecule has 0 unspecified atom stereocenters. The first-order valence-corrected chi connectivity index (χ1v) is 7.79. The zero-order chi connectivity index (χ0) is 13.7. The van der Waals surface area contributed by atoms with E-state index in [0.29, 0.717) is 6.54 Å². The van der Waals surface area contributed by atoms with Gasteiger partial charge < -0.3 is 11.1 Å². The van der Waals surface area contributed by atoms with Crippen molar-refractivity contribution in [2.75, 3.05) is 11.9 Å². The van der Waals surface area contributed by atoms with Gasteiger partial charge in [0.2, 0.25) is 0 Å². The Balaban J connectivity index is 1.98. The smallest absolute Gasteiger partial charge is 0.0495 e. The normalized spacial score (nSPS) is 27.2. The molecule has 1 aliphatic rings. The molecule has 0 amide bonds. The summed E-state index contributed by atoms with van der Waals surface area (Å²) in [5.74, 6) is 0.900. The van der Waals surface area contributed by atoms with Crippen LogP contribution in [0.15, 0.2) is 24.3 Å². The monoisotopic (exact) mass is 280 g/mol. The number of rotatable bonds is 5. The van der Waals surface area contributed by atoms with Crippen molar-refractivity contribution >= 4 is 17.3 Å². The van der Waals surface area contributed by atoms with Gasteiger partial charge >= 0.3 is 0 Å². The molecule has 0 saturated heterocycles. The molecule has 1 aromatic rings. The first kappa shape index (κ1) is 14.7. The van der Waals surface area contributed by atoms with Gasteiger partial charge in [0.05, 0.1) is 0 Å². The van der Waals surface area contributed by atoms with Crippen LogP contribution in [0.3, 0.4) is 0 Å². The third-order valence-corrected chi connectivity index (χ3v) is 4.66. The first-order chi connectivity index (χ1) is 9.17. The summed E-state index contributed by atoms with van der Waals surface area (Å²) >= 11 is 5.92. The highest BCUT2D eigenvalue weighted by Crippen LogP contribution is 2.36. The Hall–Kier alpha value is -0.730. The Morgan fingerprint density at radius 3 is 2.42 bits per heavy atom. The number of hydrogen-bond donors (Lipinski definition) is 2. The maximum absolute atomic E-state index is 6.05. The molecule has 1 saturated carbocycles. The fraction of sp³-hybridized carbons (Fsp3) is 0.625. The zero-order valence-corrected chi connectivity index (χ0v) is 12.5. The highest BCUT2D eigenvalue weighted by Gasteiger charge is 2.33. The molecule has 0 aromatic heterocycles. The van der Waals surface area contributed by atoms with Crippen molar-refractivity contribution in [3.05, 3.63) is 29.3 Å². The fourth-order valence-corrected chi connectivity index (χ4v) is 3.27. The van der Waals surface area contributed by atoms with Gasteiger partial charge in [-0.05, 0) is 55.9 Å². The van der Waals surface area contributed by atoms with Crippen molar-refractivity contribution in [3.63, 3.8) is 0 Å². The maximum atomic E-state index is 6.05. The third kappa shape index (κ3) is 3.87. The maximum Gasteiger partial charge on any atom is 0.0495 e. The second-order valence-electron chi connectivity index (χ2n) is 5.85. The lowest BCUT2D eigenvalue weighted by molar-refractivity contribution is 0.247. The summed E-state index contributed by atoms with van der Waals surface area (Å²) in [4.78, 5) is 0. The van der Waals surface area contributed by atoms with Crippen LogP contribution in [0.1, 0.15) is 45.4 Å². The lowest BCUT2D eigenvalue weighted by atomic mass is 9.75. The molecule has 3 heteroatoms. The molecule has 0 aliphatic heterocycles. The Morgan fingerprint density at radius 1 is 1.26 bits per heavy atom. The van der Waals surface area contributed by atoms with Gasteiger partial charge in [-0.15, -0.1) is 0 Å². The number of hydrogen-bond acceptors (Lipinski definition) is 2. The molecular weight excluding hydrogens is 256 g/mol. The summed E-state index contributed by atoms with van der Waals surface area (Å²) in [6.45, 7) is 2.98. The predicted octanol–water partition coefficient (Wildman–Crippen LogP) is 4.44. The van der Waals surface area contributed by atoms with E-state index >= 15 is 0 Å². The molecule has 3 N–H and O–H groups in total. The number of anilines is 1. The van der Waals surface area contributed by atoms with E-state index in [-0.39, 0.29) is 5.54 Å². The lowest BCUT2D eigenvalue weighted by Gasteiger charge is -2.41. The SMILES string of the molecule is CCCC1CCC(CN)(Nc2ccc(Cl)cc2)CC1. The van der Waals surface area contributed by atoms with Crippen molar-refractivity contribution in [1.29, 1.82) is 0 Å². The third-order valence-electron chi connectivity index (χ3n) is 4.40. The second-order valence-corrected chi connectivity index (χ2v) is 6.28. The predicted molar refractivity (Wildman–Crippen MR) is 83.7 cm³/mol. The van der Waals surface area contributed by atoms with Crippen molar-refractivity contribution in [3.8, 4) is 0 Å². The van der Waals surface area contributed by atoms with Gasteiger partial charge in [-0.1, -0.05) is 31.4 Å². The fourth-order valence-electron chi connectivity index (χ4n) is 3.15. The highest BCUT2D eigenvalue weighted by molar-refractivity contribution is 6.30. The average molecular weight is 281 g/mol. The van der Waals surface area contributed by atoms with Crippen LogP contribution in [0.4, 0.5) is 5.69 Å². The summed E-state index contributed by atoms with van der Waals surface area (Å²) < 4.78 is 0. The van der Waals surface area contributed by atoms with Crippen molar-refractivity contribution in [2.45, 2.75) is 51.0 Å². The summed E-state index contributed by atoms with van der Waals surface area (Å²) in [5.41, 5.74) is 7.26. The zero-order valence-electron chi connectivity index (χ0n) is 11.8. The van der Waals surface area contributed by atoms with Gasteiger partial charge in [0.25, 0.3) is 0 Å². The largest absolute Gasteiger partial charge is 0.378 e. The Morgan fingerprint density at radius 2 is 1.89 bits per heavy atom. The number of halogens is 1. The van der Waals surface area contributed by atoms with E-state index in [1.165, 1.54) is 38.5 Å². The minimum Gasteiger partial charge on any atom is -0.378 e. The van der Waals surface area contributed by atoms with Crippen LogP contribution < -0.4 is 11.1 Å². The van der Waals surface area contributed by atoms with E-state index in [1.807, 2.05) is 24.3 Å². The van der Waals surface area contributed by atoms with Crippen molar-refractivity contribution < 1.29 is 0 Å². The minimum atomic E-state index is 0.0814. The summed E-state index contributed by atoms with van der Waals surface area (Å²) in [7, 11) is 0. The van der Waals surface area contributed by atoms with E-state index in [4.69, 9.17) is 17.3 Å². The summed E-state index contributed by atoms with van der Waals surface area (Å²) in [6.07, 6.45) is 7.61. The lowest BCUT2D eigenvalue weighted by Crippen LogP contribution is -2.48. The molecule has 0 atom stereocenters. The van der Waals surface area contributed by atoms with E-state index in [9.17, 15) is 0 Å². The standard InChI is InChI=1S/C16H25ClN2/c1-2-3-13-8-10-16(12-18,11-9-13)19-15-6-4-14(17)5-7-15/h4-7,13,19H,2-3,8-12,18H2,1H3. The number of nitrogens with two attached hydrogens (primary N) is 1. The van der Waals surface area contributed by atoms with E-state index in [2.05, 4.69) is 12.2 Å². The molecule has 2 rings (SSSR count). The van der Waals surface area contributed by atoms with Crippen LogP contribution >= 0.6 is 11.6 Å². The molecule has 1 aromatic carbocycles. The molecular formula is C16H25ClN2. The highest BCUT2D eigenvalue weighted by atomic mass is 35.5. The van der Waals surface area contributed by atoms with Gasteiger partial charge in [-0.3, -0.25) is 0 Å². The molecule has 1 fully saturated rings. The van der Waals surface area contributed by atoms with Gasteiger partial charge in [-0.25, -0.2) is 0 Å². The van der Waals surface area contributed by atoms with Gasteiger partial charge in [0, 0.05) is 22.8 Å². The van der Waals surface area contributed by atoms with Crippen LogP contribution in [0.25, 0.3) is 0 Å². The van der Waals surface area contributed by atoms with E-state index < -0.39 is 0 Å². The number of benzene rings is 1. The summed E-state index contributed by atoms with van der Waals surface area (Å²) in [6, 6.07) is 7.93. The van der Waals surface area contributed by atoms with Crippen LogP contribution in [0, 0.1) is 5.92 Å². The van der Waals surface area contributed by atoms with Gasteiger partial charge in [0.15, 0.2) is 0 Å². The Kier molecular flexibility index (Phi) is 5.12. The molecule has 0 radical (unpaired) electrons. The first-order valence-electron chi connectivity index (χ1n) is 7.41. The summed E-state index contributed by atoms with van der Waals surface area (Å²) in [5, 5.41) is 4.43.